The molecule has 0 aliphatic carbocycles. The number of fused-ring (bicyclic) bond motifs is 1. The van der Waals surface area contributed by atoms with Crippen LogP contribution in [0, 0.1) is 28.5 Å². The van der Waals surface area contributed by atoms with Crippen LogP contribution in [-0.4, -0.2) is 66.8 Å². The Bertz CT molecular complexity index is 1820. The van der Waals surface area contributed by atoms with Crippen LogP contribution in [0.1, 0.15) is 152 Å². The maximum absolute atomic E-state index is 14.1. The van der Waals surface area contributed by atoms with Gasteiger partial charge in [0.1, 0.15) is 48.6 Å². The van der Waals surface area contributed by atoms with Gasteiger partial charge < -0.3 is 30.3 Å². The maximum Gasteiger partial charge on any atom is 0.472 e. The van der Waals surface area contributed by atoms with E-state index in [1.54, 1.807) is 18.2 Å². The van der Waals surface area contributed by atoms with Gasteiger partial charge >= 0.3 is 7.82 Å². The van der Waals surface area contributed by atoms with E-state index in [2.05, 4.69) is 17.0 Å². The van der Waals surface area contributed by atoms with Gasteiger partial charge in [-0.05, 0) is 42.3 Å². The molecular formula is C42H62FN6O8P. The van der Waals surface area contributed by atoms with Crippen molar-refractivity contribution in [3.8, 4) is 12.1 Å². The van der Waals surface area contributed by atoms with Crippen molar-refractivity contribution in [1.82, 2.24) is 14.6 Å². The van der Waals surface area contributed by atoms with Gasteiger partial charge in [-0.2, -0.15) is 15.6 Å². The van der Waals surface area contributed by atoms with Crippen LogP contribution in [0.2, 0.25) is 0 Å². The highest BCUT2D eigenvalue weighted by molar-refractivity contribution is 7.47. The molecule has 16 heteroatoms. The predicted molar refractivity (Wildman–Crippen MR) is 216 cm³/mol. The van der Waals surface area contributed by atoms with Crippen LogP contribution in [-0.2, 0) is 29.7 Å². The molecule has 1 aliphatic rings. The van der Waals surface area contributed by atoms with E-state index in [1.807, 2.05) is 6.07 Å². The fraction of sp³-hybridized carbons (Fsp3) is 0.667. The second-order valence-corrected chi connectivity index (χ2v) is 16.9. The lowest BCUT2D eigenvalue weighted by molar-refractivity contribution is -0.0763. The number of aromatic nitrogens is 3. The van der Waals surface area contributed by atoms with Crippen molar-refractivity contribution >= 4 is 19.2 Å². The summed E-state index contributed by atoms with van der Waals surface area (Å²) in [5.41, 5.74) is 4.89. The zero-order valence-electron chi connectivity index (χ0n) is 33.9. The van der Waals surface area contributed by atoms with Gasteiger partial charge in [0.05, 0.1) is 36.6 Å². The van der Waals surface area contributed by atoms with Crippen molar-refractivity contribution in [2.75, 3.05) is 18.9 Å². The van der Waals surface area contributed by atoms with E-state index in [1.165, 1.54) is 113 Å². The second-order valence-electron chi connectivity index (χ2n) is 15.4. The Hall–Kier alpha value is -3.50. The molecule has 3 heterocycles. The first-order chi connectivity index (χ1) is 28.0. The molecule has 1 fully saturated rings. The van der Waals surface area contributed by atoms with Crippen LogP contribution >= 0.6 is 7.82 Å². The summed E-state index contributed by atoms with van der Waals surface area (Å²) >= 11 is 0. The smallest absolute Gasteiger partial charge is 0.387 e. The zero-order chi connectivity index (χ0) is 41.8. The summed E-state index contributed by atoms with van der Waals surface area (Å²) in [5, 5.41) is 45.2. The summed E-state index contributed by atoms with van der Waals surface area (Å²) in [6, 6.07) is 10.7. The van der Waals surface area contributed by atoms with Crippen LogP contribution in [0.4, 0.5) is 10.2 Å². The molecule has 5 N–H and O–H groups in total. The van der Waals surface area contributed by atoms with Gasteiger partial charge in [0, 0.05) is 0 Å². The van der Waals surface area contributed by atoms with E-state index in [9.17, 15) is 34.6 Å². The fourth-order valence-corrected chi connectivity index (χ4v) is 8.15. The maximum atomic E-state index is 14.1. The molecule has 6 atom stereocenters. The Morgan fingerprint density at radius 3 is 2.12 bits per heavy atom. The van der Waals surface area contributed by atoms with E-state index in [4.69, 9.17) is 24.3 Å². The van der Waals surface area contributed by atoms with Gasteiger partial charge in [0.25, 0.3) is 0 Å². The number of unbranched alkanes of at least 4 members (excludes halogenated alkanes) is 17. The van der Waals surface area contributed by atoms with Crippen LogP contribution in [0.25, 0.3) is 5.52 Å². The van der Waals surface area contributed by atoms with Crippen LogP contribution < -0.4 is 5.73 Å². The number of hydrogen-bond donors (Lipinski definition) is 4. The Morgan fingerprint density at radius 1 is 0.931 bits per heavy atom. The molecule has 4 rings (SSSR count). The first kappa shape index (κ1) is 47.2. The SMILES string of the molecule is CCCCCCCCCCCCCCCCCCCC[C@@H](COP(=O)(O)OC[C@@]1(C#N)O[C@@H](c2ccc3c(N)ncnn23)[C@H](O)[C@@H]1O)OCc1cc(F)cc(C#N)c1. The van der Waals surface area contributed by atoms with Gasteiger partial charge in [0.2, 0.25) is 5.60 Å². The summed E-state index contributed by atoms with van der Waals surface area (Å²) in [5.74, 6) is -0.423. The Kier molecular flexibility index (Phi) is 20.0. The number of rotatable bonds is 29. The monoisotopic (exact) mass is 828 g/mol. The molecule has 0 radical (unpaired) electrons. The molecule has 1 unspecified atom stereocenters. The number of nitrogens with two attached hydrogens (primary N) is 1. The molecule has 1 aromatic carbocycles. The van der Waals surface area contributed by atoms with Gasteiger partial charge in [-0.25, -0.2) is 18.5 Å². The van der Waals surface area contributed by atoms with Gasteiger partial charge in [-0.15, -0.1) is 0 Å². The summed E-state index contributed by atoms with van der Waals surface area (Å²) < 4.78 is 50.9. The molecule has 0 saturated carbocycles. The van der Waals surface area contributed by atoms with Crippen molar-refractivity contribution in [2.45, 2.75) is 166 Å². The highest BCUT2D eigenvalue weighted by Crippen LogP contribution is 2.48. The van der Waals surface area contributed by atoms with Crippen molar-refractivity contribution in [1.29, 1.82) is 10.5 Å². The van der Waals surface area contributed by atoms with Crippen molar-refractivity contribution in [2.24, 2.45) is 0 Å². The third-order valence-electron chi connectivity index (χ3n) is 10.8. The molecule has 0 spiro atoms. The molecule has 58 heavy (non-hydrogen) atoms. The molecule has 0 amide bonds. The Labute approximate surface area is 342 Å². The van der Waals surface area contributed by atoms with Crippen molar-refractivity contribution in [3.05, 3.63) is 59.3 Å². The lowest BCUT2D eigenvalue weighted by atomic mass is 9.96. The summed E-state index contributed by atoms with van der Waals surface area (Å²) in [4.78, 5) is 14.6. The summed E-state index contributed by atoms with van der Waals surface area (Å²) in [7, 11) is -4.87. The van der Waals surface area contributed by atoms with E-state index < -0.39 is 50.3 Å². The van der Waals surface area contributed by atoms with Crippen molar-refractivity contribution in [3.63, 3.8) is 0 Å². The van der Waals surface area contributed by atoms with Crippen molar-refractivity contribution < 1.29 is 42.6 Å². The number of aliphatic hydroxyl groups excluding tert-OH is 2. The van der Waals surface area contributed by atoms with Crippen LogP contribution in [0.5, 0.6) is 0 Å². The first-order valence-electron chi connectivity index (χ1n) is 21.0. The number of nitrogens with zero attached hydrogens (tertiary/aromatic N) is 5. The quantitative estimate of drug-likeness (QED) is 0.0381. The normalized spacial score (nSPS) is 20.8. The van der Waals surface area contributed by atoms with E-state index in [0.717, 1.165) is 31.7 Å². The largest absolute Gasteiger partial charge is 0.472 e. The zero-order valence-corrected chi connectivity index (χ0v) is 34.7. The second kappa shape index (κ2) is 24.6. The minimum atomic E-state index is -4.87. The molecule has 0 bridgehead atoms. The average Bonchev–Trinajstić information content (AvgIpc) is 3.76. The molecule has 3 aromatic rings. The lowest BCUT2D eigenvalue weighted by Gasteiger charge is -2.26. The molecule has 320 valence electrons. The molecule has 1 saturated heterocycles. The number of nitriles is 2. The Balaban J connectivity index is 1.21. The number of anilines is 1. The number of halogens is 1. The lowest BCUT2D eigenvalue weighted by Crippen LogP contribution is -2.45. The first-order valence-corrected chi connectivity index (χ1v) is 22.5. The third kappa shape index (κ3) is 14.6. The van der Waals surface area contributed by atoms with Gasteiger partial charge in [-0.1, -0.05) is 122 Å². The van der Waals surface area contributed by atoms with E-state index in [0.29, 0.717) is 17.5 Å². The number of aliphatic hydroxyl groups is 2. The highest BCUT2D eigenvalue weighted by Gasteiger charge is 2.57. The van der Waals surface area contributed by atoms with Crippen LogP contribution in [0.3, 0.4) is 0 Å². The van der Waals surface area contributed by atoms with Gasteiger partial charge in [0.15, 0.2) is 5.82 Å². The Morgan fingerprint density at radius 2 is 1.53 bits per heavy atom. The van der Waals surface area contributed by atoms with E-state index >= 15 is 0 Å². The molecular weight excluding hydrogens is 766 g/mol. The number of hydrogen-bond acceptors (Lipinski definition) is 12. The fourth-order valence-electron chi connectivity index (χ4n) is 7.37. The minimum Gasteiger partial charge on any atom is -0.387 e. The van der Waals surface area contributed by atoms with E-state index in [-0.39, 0.29) is 30.3 Å². The highest BCUT2D eigenvalue weighted by atomic mass is 31.2. The number of ether oxygens (including phenoxy) is 2. The number of nitrogen functional groups attached to an aromatic ring is 1. The molecule has 1 aliphatic heterocycles. The van der Waals surface area contributed by atoms with Crippen LogP contribution in [0.15, 0.2) is 36.7 Å². The average molecular weight is 829 g/mol. The number of phosphoric acid groups is 1. The number of phosphoric ester groups is 1. The summed E-state index contributed by atoms with van der Waals surface area (Å²) in [6.07, 6.45) is 18.5. The topological polar surface area (TPSA) is 218 Å². The molecule has 2 aromatic heterocycles. The third-order valence-corrected chi connectivity index (χ3v) is 11.7. The van der Waals surface area contributed by atoms with Gasteiger partial charge in [-0.3, -0.25) is 9.05 Å². The standard InChI is InChI=1S/C42H62FN6O8P/c1-2-3-4-5-6-7-8-9-10-11-12-13-14-15-16-17-18-19-20-35(54-27-33-23-32(26-44)24-34(43)25-33)28-55-58(52,53)56-30-42(29-45)40(51)38(50)39(57-42)36-21-22-37-41(46)47-31-48-49(36)37/h21-25,31,35,38-40,50-51H,2-20,27-28,30H2,1H3,(H,52,53)(H2,46,47,48)/t35-,38-,39-,40-,42+/m0/s1. The predicted octanol–water partition coefficient (Wildman–Crippen LogP) is 8.53. The number of benzene rings is 1. The molecule has 14 nitrogen and oxygen atoms in total. The summed E-state index contributed by atoms with van der Waals surface area (Å²) in [6.45, 7) is 0.887. The minimum absolute atomic E-state index is 0.0715.